The van der Waals surface area contributed by atoms with Crippen LogP contribution in [0.5, 0.6) is 11.5 Å². The molecule has 0 spiro atoms. The lowest BCUT2D eigenvalue weighted by molar-refractivity contribution is -0.141. The standard InChI is InChI=1S/C25H23N3O7S2/c1-33-19-12-13-20(34-2)23-22(19)28(15-21(29)35-3)25(36-23)26-24(30)16-8-7-9-17(14-16)27-37(31,32)18-10-5-4-6-11-18/h4-14,27H,15H2,1-3H3. The number of hydrogen-bond donors (Lipinski definition) is 1. The predicted molar refractivity (Wildman–Crippen MR) is 139 cm³/mol. The molecule has 4 rings (SSSR count). The minimum atomic E-state index is -3.84. The Morgan fingerprint density at radius 2 is 1.65 bits per heavy atom. The zero-order valence-corrected chi connectivity index (χ0v) is 21.8. The maximum Gasteiger partial charge on any atom is 0.325 e. The molecule has 1 heterocycles. The Hall–Kier alpha value is -4.16. The molecule has 0 radical (unpaired) electrons. The van der Waals surface area contributed by atoms with Crippen LogP contribution < -0.4 is 19.0 Å². The highest BCUT2D eigenvalue weighted by atomic mass is 32.2. The van der Waals surface area contributed by atoms with Gasteiger partial charge in [-0.15, -0.1) is 0 Å². The van der Waals surface area contributed by atoms with Gasteiger partial charge in [0.25, 0.3) is 15.9 Å². The summed E-state index contributed by atoms with van der Waals surface area (Å²) in [7, 11) is 0.420. The molecule has 0 aliphatic carbocycles. The summed E-state index contributed by atoms with van der Waals surface area (Å²) in [6, 6.07) is 17.3. The zero-order valence-electron chi connectivity index (χ0n) is 20.1. The van der Waals surface area contributed by atoms with E-state index in [1.165, 1.54) is 56.2 Å². The second-order valence-electron chi connectivity index (χ2n) is 7.61. The van der Waals surface area contributed by atoms with Gasteiger partial charge in [0.05, 0.1) is 26.2 Å². The lowest BCUT2D eigenvalue weighted by Crippen LogP contribution is -2.22. The number of carbonyl (C=O) groups excluding carboxylic acids is 2. The molecular weight excluding hydrogens is 518 g/mol. The maximum absolute atomic E-state index is 13.2. The van der Waals surface area contributed by atoms with Crippen LogP contribution in [0.1, 0.15) is 10.4 Å². The van der Waals surface area contributed by atoms with Gasteiger partial charge in [-0.2, -0.15) is 4.99 Å². The average Bonchev–Trinajstić information content (AvgIpc) is 3.26. The number of methoxy groups -OCH3 is 3. The van der Waals surface area contributed by atoms with Crippen LogP contribution in [-0.4, -0.2) is 46.2 Å². The van der Waals surface area contributed by atoms with Crippen molar-refractivity contribution in [2.75, 3.05) is 26.1 Å². The van der Waals surface area contributed by atoms with Crippen LogP contribution in [0.2, 0.25) is 0 Å². The Morgan fingerprint density at radius 3 is 2.32 bits per heavy atom. The van der Waals surface area contributed by atoms with Crippen molar-refractivity contribution in [3.8, 4) is 11.5 Å². The van der Waals surface area contributed by atoms with Gasteiger partial charge in [0.2, 0.25) is 0 Å². The van der Waals surface area contributed by atoms with Crippen LogP contribution in [0.4, 0.5) is 5.69 Å². The molecule has 1 N–H and O–H groups in total. The van der Waals surface area contributed by atoms with Gasteiger partial charge in [-0.05, 0) is 42.5 Å². The fourth-order valence-corrected chi connectivity index (χ4v) is 5.77. The number of aromatic nitrogens is 1. The quantitative estimate of drug-likeness (QED) is 0.339. The van der Waals surface area contributed by atoms with Crippen molar-refractivity contribution >= 4 is 49.1 Å². The number of thiazole rings is 1. The van der Waals surface area contributed by atoms with Crippen molar-refractivity contribution in [1.29, 1.82) is 0 Å². The maximum atomic E-state index is 13.2. The van der Waals surface area contributed by atoms with E-state index >= 15 is 0 Å². The van der Waals surface area contributed by atoms with Gasteiger partial charge < -0.3 is 18.8 Å². The minimum absolute atomic E-state index is 0.0911. The molecule has 0 aliphatic rings. The van der Waals surface area contributed by atoms with E-state index in [1.54, 1.807) is 36.4 Å². The molecule has 0 atom stereocenters. The molecule has 0 saturated heterocycles. The van der Waals surface area contributed by atoms with Gasteiger partial charge in [-0.25, -0.2) is 8.42 Å². The van der Waals surface area contributed by atoms with Gasteiger partial charge in [0.1, 0.15) is 28.3 Å². The van der Waals surface area contributed by atoms with Gasteiger partial charge in [-0.3, -0.25) is 14.3 Å². The van der Waals surface area contributed by atoms with Gasteiger partial charge in [0, 0.05) is 11.3 Å². The first-order valence-corrected chi connectivity index (χ1v) is 13.2. The second kappa shape index (κ2) is 10.8. The van der Waals surface area contributed by atoms with Crippen molar-refractivity contribution in [2.24, 2.45) is 4.99 Å². The summed E-state index contributed by atoms with van der Waals surface area (Å²) in [6.07, 6.45) is 0. The SMILES string of the molecule is COC(=O)Cn1c(=NC(=O)c2cccc(NS(=O)(=O)c3ccccc3)c2)sc2c(OC)ccc(OC)c21. The normalized spacial score (nSPS) is 11.8. The van der Waals surface area contributed by atoms with Crippen molar-refractivity contribution in [1.82, 2.24) is 4.57 Å². The molecule has 3 aromatic carbocycles. The van der Waals surface area contributed by atoms with Crippen LogP contribution in [0.15, 0.2) is 76.6 Å². The third-order valence-corrected chi connectivity index (χ3v) is 7.81. The van der Waals surface area contributed by atoms with Crippen LogP contribution in [-0.2, 0) is 26.1 Å². The van der Waals surface area contributed by atoms with Crippen molar-refractivity contribution in [3.05, 3.63) is 77.1 Å². The molecule has 0 unspecified atom stereocenters. The van der Waals surface area contributed by atoms with E-state index in [0.29, 0.717) is 21.7 Å². The second-order valence-corrected chi connectivity index (χ2v) is 10.3. The Labute approximate surface area is 216 Å². The van der Waals surface area contributed by atoms with E-state index in [1.807, 2.05) is 0 Å². The number of carbonyl (C=O) groups is 2. The fraction of sp³-hybridized carbons (Fsp3) is 0.160. The minimum Gasteiger partial charge on any atom is -0.495 e. The molecular formula is C25H23N3O7S2. The molecule has 0 bridgehead atoms. The first kappa shape index (κ1) is 25.9. The lowest BCUT2D eigenvalue weighted by Gasteiger charge is -2.09. The number of amides is 1. The first-order chi connectivity index (χ1) is 17.8. The molecule has 10 nitrogen and oxygen atoms in total. The predicted octanol–water partition coefficient (Wildman–Crippen LogP) is 3.43. The topological polar surface area (TPSA) is 125 Å². The number of ether oxygens (including phenoxy) is 3. The van der Waals surface area contributed by atoms with Crippen molar-refractivity contribution in [2.45, 2.75) is 11.4 Å². The average molecular weight is 542 g/mol. The summed E-state index contributed by atoms with van der Waals surface area (Å²) in [5.74, 6) is -0.201. The Kier molecular flexibility index (Phi) is 7.60. The van der Waals surface area contributed by atoms with E-state index in [0.717, 1.165) is 11.3 Å². The third kappa shape index (κ3) is 5.49. The highest BCUT2D eigenvalue weighted by Crippen LogP contribution is 2.35. The summed E-state index contributed by atoms with van der Waals surface area (Å²) in [6.45, 7) is -0.219. The van der Waals surface area contributed by atoms with Gasteiger partial charge in [-0.1, -0.05) is 35.6 Å². The summed E-state index contributed by atoms with van der Waals surface area (Å²) < 4.78 is 45.7. The van der Waals surface area contributed by atoms with E-state index in [9.17, 15) is 18.0 Å². The monoisotopic (exact) mass is 541 g/mol. The molecule has 0 saturated carbocycles. The van der Waals surface area contributed by atoms with E-state index < -0.39 is 21.9 Å². The number of fused-ring (bicyclic) bond motifs is 1. The van der Waals surface area contributed by atoms with Crippen molar-refractivity contribution in [3.63, 3.8) is 0 Å². The number of hydrogen-bond acceptors (Lipinski definition) is 8. The van der Waals surface area contributed by atoms with Gasteiger partial charge >= 0.3 is 5.97 Å². The number of anilines is 1. The molecule has 192 valence electrons. The number of sulfonamides is 1. The highest BCUT2D eigenvalue weighted by molar-refractivity contribution is 7.92. The number of benzene rings is 3. The van der Waals surface area contributed by atoms with Gasteiger partial charge in [0.15, 0.2) is 4.80 Å². The van der Waals surface area contributed by atoms with Crippen LogP contribution >= 0.6 is 11.3 Å². The molecule has 0 fully saturated rings. The Morgan fingerprint density at radius 1 is 0.946 bits per heavy atom. The summed E-state index contributed by atoms with van der Waals surface area (Å²) in [5, 5.41) is 0. The zero-order chi connectivity index (χ0) is 26.6. The first-order valence-electron chi connectivity index (χ1n) is 10.9. The smallest absolute Gasteiger partial charge is 0.325 e. The molecule has 0 aliphatic heterocycles. The Bertz CT molecular complexity index is 1640. The van der Waals surface area contributed by atoms with E-state index in [2.05, 4.69) is 9.71 Å². The number of rotatable bonds is 8. The largest absolute Gasteiger partial charge is 0.495 e. The summed E-state index contributed by atoms with van der Waals surface area (Å²) in [5.41, 5.74) is 0.870. The molecule has 12 heteroatoms. The number of nitrogens with one attached hydrogen (secondary N) is 1. The summed E-state index contributed by atoms with van der Waals surface area (Å²) in [4.78, 5) is 29.9. The molecule has 1 aromatic heterocycles. The fourth-order valence-electron chi connectivity index (χ4n) is 3.56. The third-order valence-electron chi connectivity index (χ3n) is 5.32. The molecule has 37 heavy (non-hydrogen) atoms. The number of esters is 1. The van der Waals surface area contributed by atoms with Crippen LogP contribution in [0.3, 0.4) is 0 Å². The number of nitrogens with zero attached hydrogens (tertiary/aromatic N) is 2. The molecule has 4 aromatic rings. The van der Waals surface area contributed by atoms with Crippen LogP contribution in [0.25, 0.3) is 10.2 Å². The lowest BCUT2D eigenvalue weighted by atomic mass is 10.2. The highest BCUT2D eigenvalue weighted by Gasteiger charge is 2.19. The molecule has 1 amide bonds. The Balaban J connectivity index is 1.77. The van der Waals surface area contributed by atoms with Crippen molar-refractivity contribution < 1.29 is 32.2 Å². The summed E-state index contributed by atoms with van der Waals surface area (Å²) >= 11 is 1.14. The van der Waals surface area contributed by atoms with Crippen LogP contribution in [0, 0.1) is 0 Å². The van der Waals surface area contributed by atoms with E-state index in [4.69, 9.17) is 14.2 Å². The van der Waals surface area contributed by atoms with E-state index in [-0.39, 0.29) is 27.5 Å².